The molecule has 0 aliphatic heterocycles. The molecule has 13 heavy (non-hydrogen) atoms. The van der Waals surface area contributed by atoms with Crippen molar-refractivity contribution in [2.45, 2.75) is 33.6 Å². The molecule has 0 fully saturated rings. The van der Waals surface area contributed by atoms with Gasteiger partial charge in [-0.3, -0.25) is 0 Å². The van der Waals surface area contributed by atoms with Crippen molar-refractivity contribution < 1.29 is 10.1 Å². The lowest BCUT2D eigenvalue weighted by Gasteiger charge is -2.11. The zero-order valence-electron chi connectivity index (χ0n) is 8.59. The normalized spacial score (nSPS) is 10.6. The predicted molar refractivity (Wildman–Crippen MR) is 53.3 cm³/mol. The second kappa shape index (κ2) is 3.79. The quantitative estimate of drug-likeness (QED) is 0.559. The van der Waals surface area contributed by atoms with Crippen molar-refractivity contribution >= 4 is 0 Å². The first-order valence-corrected chi connectivity index (χ1v) is 4.48. The lowest BCUT2D eigenvalue weighted by molar-refractivity contribution is -0.138. The smallest absolute Gasteiger partial charge is 0.170 e. The fourth-order valence-electron chi connectivity index (χ4n) is 1.46. The maximum Gasteiger partial charge on any atom is 0.170 e. The summed E-state index contributed by atoms with van der Waals surface area (Å²) in [5, 5.41) is 8.63. The van der Waals surface area contributed by atoms with Crippen LogP contribution in [0.25, 0.3) is 0 Å². The Hall–Kier alpha value is -1.02. The molecule has 0 atom stereocenters. The van der Waals surface area contributed by atoms with Crippen LogP contribution in [0.2, 0.25) is 0 Å². The Kier molecular flexibility index (Phi) is 2.94. The molecular formula is C11H16O2. The average Bonchev–Trinajstić information content (AvgIpc) is 2.03. The van der Waals surface area contributed by atoms with Crippen LogP contribution in [-0.4, -0.2) is 5.26 Å². The van der Waals surface area contributed by atoms with Gasteiger partial charge in [-0.2, -0.15) is 0 Å². The molecule has 0 unspecified atom stereocenters. The SMILES string of the molecule is Cc1cc(C(C)C)cc(C)c1OO. The number of benzene rings is 1. The van der Waals surface area contributed by atoms with E-state index in [9.17, 15) is 0 Å². The Bertz CT molecular complexity index is 280. The van der Waals surface area contributed by atoms with Crippen LogP contribution < -0.4 is 4.89 Å². The summed E-state index contributed by atoms with van der Waals surface area (Å²) in [5.41, 5.74) is 3.23. The summed E-state index contributed by atoms with van der Waals surface area (Å²) >= 11 is 0. The van der Waals surface area contributed by atoms with Crippen LogP contribution in [0.5, 0.6) is 5.75 Å². The third-order valence-electron chi connectivity index (χ3n) is 2.24. The minimum atomic E-state index is 0.505. The summed E-state index contributed by atoms with van der Waals surface area (Å²) in [6, 6.07) is 4.09. The van der Waals surface area contributed by atoms with E-state index in [-0.39, 0.29) is 0 Å². The first-order chi connectivity index (χ1) is 6.06. The Balaban J connectivity index is 3.20. The second-order valence-corrected chi connectivity index (χ2v) is 3.73. The van der Waals surface area contributed by atoms with Gasteiger partial charge in [-0.1, -0.05) is 26.0 Å². The van der Waals surface area contributed by atoms with Gasteiger partial charge in [-0.05, 0) is 36.5 Å². The molecule has 0 spiro atoms. The van der Waals surface area contributed by atoms with Crippen LogP contribution in [0, 0.1) is 13.8 Å². The van der Waals surface area contributed by atoms with E-state index >= 15 is 0 Å². The fraction of sp³-hybridized carbons (Fsp3) is 0.455. The number of hydrogen-bond acceptors (Lipinski definition) is 2. The highest BCUT2D eigenvalue weighted by atomic mass is 17.1. The van der Waals surface area contributed by atoms with Crippen molar-refractivity contribution in [3.05, 3.63) is 28.8 Å². The highest BCUT2D eigenvalue weighted by Gasteiger charge is 2.08. The van der Waals surface area contributed by atoms with Crippen LogP contribution in [0.1, 0.15) is 36.5 Å². The highest BCUT2D eigenvalue weighted by molar-refractivity contribution is 5.43. The van der Waals surface area contributed by atoms with E-state index in [1.165, 1.54) is 5.56 Å². The Morgan fingerprint density at radius 3 is 1.92 bits per heavy atom. The molecule has 0 aliphatic rings. The first-order valence-electron chi connectivity index (χ1n) is 4.48. The van der Waals surface area contributed by atoms with E-state index in [1.807, 2.05) is 26.0 Å². The molecule has 0 radical (unpaired) electrons. The molecule has 1 aromatic carbocycles. The zero-order chi connectivity index (χ0) is 10.0. The maximum absolute atomic E-state index is 8.63. The molecule has 0 aliphatic carbocycles. The van der Waals surface area contributed by atoms with Gasteiger partial charge in [-0.25, -0.2) is 5.26 Å². The van der Waals surface area contributed by atoms with Crippen molar-refractivity contribution in [1.82, 2.24) is 0 Å². The molecule has 0 bridgehead atoms. The van der Waals surface area contributed by atoms with E-state index < -0.39 is 0 Å². The standard InChI is InChI=1S/C11H16O2/c1-7(2)10-5-8(3)11(13-12)9(4)6-10/h5-7,12H,1-4H3. The van der Waals surface area contributed by atoms with Crippen molar-refractivity contribution in [2.75, 3.05) is 0 Å². The van der Waals surface area contributed by atoms with E-state index in [0.717, 1.165) is 11.1 Å². The maximum atomic E-state index is 8.63. The average molecular weight is 180 g/mol. The van der Waals surface area contributed by atoms with Crippen LogP contribution in [0.3, 0.4) is 0 Å². The van der Waals surface area contributed by atoms with Crippen LogP contribution >= 0.6 is 0 Å². The van der Waals surface area contributed by atoms with E-state index in [0.29, 0.717) is 11.7 Å². The van der Waals surface area contributed by atoms with Gasteiger partial charge in [0.2, 0.25) is 0 Å². The summed E-state index contributed by atoms with van der Waals surface area (Å²) in [6.07, 6.45) is 0. The van der Waals surface area contributed by atoms with Crippen molar-refractivity contribution in [3.63, 3.8) is 0 Å². The van der Waals surface area contributed by atoms with Gasteiger partial charge in [-0.15, -0.1) is 0 Å². The molecule has 0 aromatic heterocycles. The third kappa shape index (κ3) is 2.01. The van der Waals surface area contributed by atoms with Crippen LogP contribution in [-0.2, 0) is 0 Å². The predicted octanol–water partition coefficient (Wildman–Crippen LogP) is 3.28. The van der Waals surface area contributed by atoms with E-state index in [4.69, 9.17) is 5.26 Å². The molecule has 1 aromatic rings. The van der Waals surface area contributed by atoms with Gasteiger partial charge in [0, 0.05) is 0 Å². The molecule has 72 valence electrons. The number of aryl methyl sites for hydroxylation is 2. The largest absolute Gasteiger partial charge is 0.340 e. The van der Waals surface area contributed by atoms with Crippen molar-refractivity contribution in [1.29, 1.82) is 0 Å². The highest BCUT2D eigenvalue weighted by Crippen LogP contribution is 2.27. The minimum Gasteiger partial charge on any atom is -0.340 e. The lowest BCUT2D eigenvalue weighted by Crippen LogP contribution is -1.95. The summed E-state index contributed by atoms with van der Waals surface area (Å²) in [6.45, 7) is 8.16. The van der Waals surface area contributed by atoms with E-state index in [1.54, 1.807) is 0 Å². The molecule has 2 heteroatoms. The van der Waals surface area contributed by atoms with Crippen molar-refractivity contribution in [3.8, 4) is 5.75 Å². The van der Waals surface area contributed by atoms with Gasteiger partial charge in [0.15, 0.2) is 5.75 Å². The molecule has 2 nitrogen and oxygen atoms in total. The van der Waals surface area contributed by atoms with Crippen LogP contribution in [0.15, 0.2) is 12.1 Å². The lowest BCUT2D eigenvalue weighted by atomic mass is 9.98. The Morgan fingerprint density at radius 1 is 1.15 bits per heavy atom. The van der Waals surface area contributed by atoms with Gasteiger partial charge in [0.25, 0.3) is 0 Å². The fourth-order valence-corrected chi connectivity index (χ4v) is 1.46. The first kappa shape index (κ1) is 10.1. The molecule has 0 amide bonds. The van der Waals surface area contributed by atoms with Crippen LogP contribution in [0.4, 0.5) is 0 Å². The molecule has 1 N–H and O–H groups in total. The number of rotatable bonds is 2. The van der Waals surface area contributed by atoms with Crippen molar-refractivity contribution in [2.24, 2.45) is 0 Å². The topological polar surface area (TPSA) is 29.5 Å². The molecule has 1 rings (SSSR count). The zero-order valence-corrected chi connectivity index (χ0v) is 8.59. The Morgan fingerprint density at radius 2 is 1.62 bits per heavy atom. The summed E-state index contributed by atoms with van der Waals surface area (Å²) in [4.78, 5) is 4.31. The summed E-state index contributed by atoms with van der Waals surface area (Å²) in [7, 11) is 0. The summed E-state index contributed by atoms with van der Waals surface area (Å²) in [5.74, 6) is 1.08. The molecule has 0 heterocycles. The Labute approximate surface area is 79.1 Å². The molecule has 0 saturated heterocycles. The third-order valence-corrected chi connectivity index (χ3v) is 2.24. The van der Waals surface area contributed by atoms with Gasteiger partial charge in [0.1, 0.15) is 0 Å². The van der Waals surface area contributed by atoms with Gasteiger partial charge < -0.3 is 4.89 Å². The summed E-state index contributed by atoms with van der Waals surface area (Å²) < 4.78 is 0. The molecule has 0 saturated carbocycles. The molecular weight excluding hydrogens is 164 g/mol. The minimum absolute atomic E-state index is 0.505. The van der Waals surface area contributed by atoms with Gasteiger partial charge >= 0.3 is 0 Å². The van der Waals surface area contributed by atoms with Gasteiger partial charge in [0.05, 0.1) is 0 Å². The van der Waals surface area contributed by atoms with E-state index in [2.05, 4.69) is 18.7 Å². The monoisotopic (exact) mass is 180 g/mol. The second-order valence-electron chi connectivity index (χ2n) is 3.73. The number of hydrogen-bond donors (Lipinski definition) is 1.